The predicted octanol–water partition coefficient (Wildman–Crippen LogP) is 0.0569. The van der Waals surface area contributed by atoms with Crippen molar-refractivity contribution in [2.24, 2.45) is 0 Å². The molecule has 0 rings (SSSR count). The second kappa shape index (κ2) is 3.12. The van der Waals surface area contributed by atoms with Crippen LogP contribution in [0.5, 0.6) is 0 Å². The fraction of sp³-hybridized carbons (Fsp3) is 0.500. The molecule has 0 heterocycles. The minimum atomic E-state index is -0.780. The molecule has 1 N–H and O–H groups in total. The van der Waals surface area contributed by atoms with Crippen LogP contribution in [-0.2, 0) is 0 Å². The maximum Gasteiger partial charge on any atom is 0.163 e. The van der Waals surface area contributed by atoms with Gasteiger partial charge in [-0.15, -0.1) is 6.58 Å². The summed E-state index contributed by atoms with van der Waals surface area (Å²) in [5, 5.41) is 0. The van der Waals surface area contributed by atoms with E-state index in [0.717, 1.165) is 0 Å². The highest BCUT2D eigenvalue weighted by molar-refractivity contribution is 6.28. The molecule has 0 aromatic carbocycles. The Morgan fingerprint density at radius 2 is 2.50 bits per heavy atom. The molecule has 0 radical (unpaired) electrons. The van der Waals surface area contributed by atoms with Crippen molar-refractivity contribution in [1.82, 2.24) is 0 Å². The Kier molecular flexibility index (Phi) is 3.08. The summed E-state index contributed by atoms with van der Waals surface area (Å²) in [5.74, 6) is 0. The molecular weight excluding hydrogens is 92.1 g/mol. The Morgan fingerprint density at radius 3 is 2.50 bits per heavy atom. The van der Waals surface area contributed by atoms with E-state index in [0.29, 0.717) is 5.54 Å². The molecule has 0 aromatic rings. The molecule has 2 heteroatoms. The Morgan fingerprint density at radius 1 is 2.00 bits per heavy atom. The van der Waals surface area contributed by atoms with E-state index < -0.39 is 9.76 Å². The highest BCUT2D eigenvalue weighted by Crippen LogP contribution is 1.96. The third-order valence-electron chi connectivity index (χ3n) is 0.690. The van der Waals surface area contributed by atoms with E-state index >= 15 is 0 Å². The zero-order chi connectivity index (χ0) is 4.99. The third-order valence-corrected chi connectivity index (χ3v) is 1.60. The van der Waals surface area contributed by atoms with Crippen LogP contribution in [0.1, 0.15) is 6.92 Å². The lowest BCUT2D eigenvalue weighted by molar-refractivity contribution is 0.593. The number of hydrogen-bond donors (Lipinski definition) is 1. The molecule has 0 saturated heterocycles. The zero-order valence-electron chi connectivity index (χ0n) is 4.02. The lowest BCUT2D eigenvalue weighted by Gasteiger charge is -1.91. The molecule has 1 unspecified atom stereocenters. The van der Waals surface area contributed by atoms with Crippen LogP contribution in [0, 0.1) is 0 Å². The van der Waals surface area contributed by atoms with E-state index in [1.165, 1.54) is 0 Å². The minimum Gasteiger partial charge on any atom is -0.438 e. The first-order chi connectivity index (χ1) is 2.81. The van der Waals surface area contributed by atoms with Gasteiger partial charge in [0, 0.05) is 0 Å². The summed E-state index contributed by atoms with van der Waals surface area (Å²) in [6, 6.07) is 0. The van der Waals surface area contributed by atoms with Crippen LogP contribution in [0.3, 0.4) is 0 Å². The molecule has 6 heavy (non-hydrogen) atoms. The maximum atomic E-state index is 8.40. The molecule has 0 amide bonds. The van der Waals surface area contributed by atoms with Gasteiger partial charge in [0.25, 0.3) is 0 Å². The largest absolute Gasteiger partial charge is 0.438 e. The van der Waals surface area contributed by atoms with Crippen molar-refractivity contribution >= 4 is 9.76 Å². The number of allylic oxidation sites excluding steroid dienone is 1. The van der Waals surface area contributed by atoms with Crippen LogP contribution in [0.2, 0.25) is 5.54 Å². The summed E-state index contributed by atoms with van der Waals surface area (Å²) in [7, 11) is -0.780. The van der Waals surface area contributed by atoms with Crippen LogP contribution in [0.25, 0.3) is 0 Å². The smallest absolute Gasteiger partial charge is 0.163 e. The molecule has 36 valence electrons. The van der Waals surface area contributed by atoms with E-state index in [2.05, 4.69) is 6.58 Å². The van der Waals surface area contributed by atoms with Crippen molar-refractivity contribution in [3.8, 4) is 0 Å². The molecule has 0 spiro atoms. The van der Waals surface area contributed by atoms with Crippen molar-refractivity contribution in [3.05, 3.63) is 12.7 Å². The first-order valence-electron chi connectivity index (χ1n) is 2.04. The Bertz CT molecular complexity index is 44.8. The van der Waals surface area contributed by atoms with Crippen LogP contribution >= 0.6 is 0 Å². The van der Waals surface area contributed by atoms with Gasteiger partial charge in [-0.25, -0.2) is 0 Å². The summed E-state index contributed by atoms with van der Waals surface area (Å²) in [6.07, 6.45) is 1.78. The van der Waals surface area contributed by atoms with E-state index in [4.69, 9.17) is 4.80 Å². The fourth-order valence-electron chi connectivity index (χ4n) is 0.0745. The van der Waals surface area contributed by atoms with Crippen molar-refractivity contribution in [2.75, 3.05) is 0 Å². The van der Waals surface area contributed by atoms with Crippen LogP contribution in [0.4, 0.5) is 0 Å². The quantitative estimate of drug-likeness (QED) is 0.386. The van der Waals surface area contributed by atoms with Gasteiger partial charge >= 0.3 is 0 Å². The first kappa shape index (κ1) is 5.92. The molecule has 0 aromatic heterocycles. The van der Waals surface area contributed by atoms with Crippen molar-refractivity contribution < 1.29 is 4.80 Å². The van der Waals surface area contributed by atoms with Crippen LogP contribution in [0.15, 0.2) is 12.7 Å². The van der Waals surface area contributed by atoms with Crippen LogP contribution < -0.4 is 0 Å². The SMILES string of the molecule is C=CC(C)[SiH2]O. The monoisotopic (exact) mass is 102 g/mol. The van der Waals surface area contributed by atoms with Gasteiger partial charge in [-0.2, -0.15) is 0 Å². The number of hydrogen-bond acceptors (Lipinski definition) is 1. The van der Waals surface area contributed by atoms with Crippen molar-refractivity contribution in [1.29, 1.82) is 0 Å². The Hall–Kier alpha value is -0.0831. The molecular formula is C4H10OSi. The van der Waals surface area contributed by atoms with E-state index in [9.17, 15) is 0 Å². The predicted molar refractivity (Wildman–Crippen MR) is 30.4 cm³/mol. The standard InChI is InChI=1S/C4H10OSi/c1-3-4(2)6-5/h3-5H,1,6H2,2H3. The minimum absolute atomic E-state index is 0.394. The van der Waals surface area contributed by atoms with E-state index in [1.54, 1.807) is 6.08 Å². The zero-order valence-corrected chi connectivity index (χ0v) is 5.43. The van der Waals surface area contributed by atoms with Crippen molar-refractivity contribution in [3.63, 3.8) is 0 Å². The van der Waals surface area contributed by atoms with Gasteiger partial charge in [-0.05, 0) is 5.54 Å². The summed E-state index contributed by atoms with van der Waals surface area (Å²) in [6.45, 7) is 5.48. The van der Waals surface area contributed by atoms with E-state index in [-0.39, 0.29) is 0 Å². The van der Waals surface area contributed by atoms with Gasteiger partial charge in [-0.3, -0.25) is 0 Å². The maximum absolute atomic E-state index is 8.40. The molecule has 0 aliphatic rings. The molecule has 0 aliphatic heterocycles. The second-order valence-corrected chi connectivity index (χ2v) is 3.05. The average Bonchev–Trinajstić information content (AvgIpc) is 1.65. The highest BCUT2D eigenvalue weighted by atomic mass is 28.2. The molecule has 0 saturated carbocycles. The lowest BCUT2D eigenvalue weighted by Crippen LogP contribution is -1.91. The Balaban J connectivity index is 2.96. The van der Waals surface area contributed by atoms with Gasteiger partial charge < -0.3 is 4.80 Å². The Labute approximate surface area is 40.6 Å². The topological polar surface area (TPSA) is 20.2 Å². The summed E-state index contributed by atoms with van der Waals surface area (Å²) < 4.78 is 0. The first-order valence-corrected chi connectivity index (χ1v) is 3.49. The normalized spacial score (nSPS) is 15.7. The van der Waals surface area contributed by atoms with E-state index in [1.807, 2.05) is 6.92 Å². The fourth-order valence-corrected chi connectivity index (χ4v) is 0.224. The van der Waals surface area contributed by atoms with Gasteiger partial charge in [0.2, 0.25) is 0 Å². The molecule has 1 nitrogen and oxygen atoms in total. The summed E-state index contributed by atoms with van der Waals surface area (Å²) in [4.78, 5) is 8.40. The molecule has 1 atom stereocenters. The second-order valence-electron chi connectivity index (χ2n) is 1.40. The van der Waals surface area contributed by atoms with Gasteiger partial charge in [0.15, 0.2) is 9.76 Å². The average molecular weight is 102 g/mol. The third kappa shape index (κ3) is 2.17. The van der Waals surface area contributed by atoms with Gasteiger partial charge in [-0.1, -0.05) is 13.0 Å². The molecule has 0 fully saturated rings. The molecule has 0 bridgehead atoms. The number of rotatable bonds is 2. The van der Waals surface area contributed by atoms with Crippen LogP contribution in [-0.4, -0.2) is 14.6 Å². The van der Waals surface area contributed by atoms with Gasteiger partial charge in [0.1, 0.15) is 0 Å². The molecule has 0 aliphatic carbocycles. The summed E-state index contributed by atoms with van der Waals surface area (Å²) in [5.41, 5.74) is 0.394. The lowest BCUT2D eigenvalue weighted by atomic mass is 10.5. The highest BCUT2D eigenvalue weighted by Gasteiger charge is 1.87. The summed E-state index contributed by atoms with van der Waals surface area (Å²) >= 11 is 0. The van der Waals surface area contributed by atoms with Crippen molar-refractivity contribution in [2.45, 2.75) is 12.5 Å². The van der Waals surface area contributed by atoms with Gasteiger partial charge in [0.05, 0.1) is 0 Å².